The van der Waals surface area contributed by atoms with Crippen LogP contribution in [0.1, 0.15) is 157 Å². The molecule has 0 amide bonds. The molecule has 0 aromatic heterocycles. The number of halogens is 1. The largest absolute Gasteiger partial charge is 0.325 e. The van der Waals surface area contributed by atoms with E-state index in [2.05, 4.69) is 34.6 Å². The zero-order chi connectivity index (χ0) is 28.1. The predicted molar refractivity (Wildman–Crippen MR) is 162 cm³/mol. The first-order valence-corrected chi connectivity index (χ1v) is 17.7. The maximum Gasteiger partial charge on any atom is 0.267 e. The van der Waals surface area contributed by atoms with Crippen molar-refractivity contribution in [3.05, 3.63) is 0 Å². The molecule has 0 bridgehead atoms. The molecule has 0 fully saturated rings. The second-order valence-electron chi connectivity index (χ2n) is 10.7. The molecule has 37 heavy (non-hydrogen) atoms. The first-order valence-electron chi connectivity index (χ1n) is 16.1. The summed E-state index contributed by atoms with van der Waals surface area (Å²) in [4.78, 5) is 0. The quantitative estimate of drug-likeness (QED) is 0.0579. The smallest absolute Gasteiger partial charge is 0.267 e. The van der Waals surface area contributed by atoms with Crippen molar-refractivity contribution in [3.63, 3.8) is 0 Å². The van der Waals surface area contributed by atoms with Crippen LogP contribution in [-0.4, -0.2) is 58.1 Å². The van der Waals surface area contributed by atoms with Gasteiger partial charge in [-0.3, -0.25) is 8.57 Å². The van der Waals surface area contributed by atoms with E-state index in [-0.39, 0.29) is 12.4 Å². The first-order chi connectivity index (χ1) is 17.9. The molecule has 0 saturated heterocycles. The van der Waals surface area contributed by atoms with E-state index in [4.69, 9.17) is 4.18 Å². The van der Waals surface area contributed by atoms with Gasteiger partial charge in [0, 0.05) is 0 Å². The molecule has 6 heteroatoms. The minimum atomic E-state index is -3.35. The summed E-state index contributed by atoms with van der Waals surface area (Å²) in [6.07, 6.45) is 21.5. The number of nitrogens with zero attached hydrogens (tertiary/aromatic N) is 1. The normalized spacial score (nSPS) is 11.9. The fraction of sp³-hybridized carbons (Fsp3) is 1.00. The number of quaternary nitrogens is 1. The van der Waals surface area contributed by atoms with Crippen LogP contribution in [0.5, 0.6) is 0 Å². The van der Waals surface area contributed by atoms with Gasteiger partial charge < -0.3 is 4.48 Å². The van der Waals surface area contributed by atoms with Gasteiger partial charge in [-0.15, -0.1) is 0 Å². The molecule has 0 N–H and O–H groups in total. The third-order valence-corrected chi connectivity index (χ3v) is 9.29. The van der Waals surface area contributed by atoms with Crippen LogP contribution in [0.4, 0.5) is 4.39 Å². The zero-order valence-electron chi connectivity index (χ0n) is 25.8. The number of hydrogen-bond acceptors (Lipinski definition) is 3. The molecule has 0 saturated carbocycles. The summed E-state index contributed by atoms with van der Waals surface area (Å²) in [5, 5.41) is 0. The molecular weight excluding hydrogens is 485 g/mol. The summed E-state index contributed by atoms with van der Waals surface area (Å²) in [7, 11) is -3.35. The van der Waals surface area contributed by atoms with Gasteiger partial charge in [-0.05, 0) is 47.0 Å². The lowest BCUT2D eigenvalue weighted by Gasteiger charge is -2.34. The highest BCUT2D eigenvalue weighted by Crippen LogP contribution is 2.13. The van der Waals surface area contributed by atoms with Crippen molar-refractivity contribution in [2.45, 2.75) is 157 Å². The van der Waals surface area contributed by atoms with Crippen LogP contribution in [0.15, 0.2) is 0 Å². The minimum Gasteiger partial charge on any atom is -0.325 e. The van der Waals surface area contributed by atoms with Gasteiger partial charge in [0.05, 0.1) is 45.2 Å². The summed E-state index contributed by atoms with van der Waals surface area (Å²) in [5.74, 6) is 0.135. The molecule has 226 valence electrons. The number of rotatable bonds is 27. The predicted octanol–water partition coefficient (Wildman–Crippen LogP) is 9.62. The molecule has 0 rings (SSSR count). The second kappa shape index (κ2) is 28.8. The maximum atomic E-state index is 12.0. The molecule has 4 nitrogen and oxygen atoms in total. The second-order valence-corrected chi connectivity index (χ2v) is 12.5. The van der Waals surface area contributed by atoms with E-state index in [1.54, 1.807) is 0 Å². The van der Waals surface area contributed by atoms with Gasteiger partial charge in [-0.2, -0.15) is 8.42 Å². The van der Waals surface area contributed by atoms with Crippen molar-refractivity contribution in [2.24, 2.45) is 0 Å². The average Bonchev–Trinajstić information content (AvgIpc) is 2.90. The standard InChI is InChI=1S/C23H47FO3S.C8H20N/c1-2-3-4-5-6-7-8-9-10-13-16-19-22-27-28(25,26)23-20-17-14-11-12-15-18-21-24;1-5-9(6-2,7-3)8-4/h2-23H2,1H3;5-8H2,1-4H3/q;+1. The summed E-state index contributed by atoms with van der Waals surface area (Å²) in [5.41, 5.74) is 0. The minimum absolute atomic E-state index is 0.135. The highest BCUT2D eigenvalue weighted by atomic mass is 32.2. The lowest BCUT2D eigenvalue weighted by molar-refractivity contribution is -0.921. The lowest BCUT2D eigenvalue weighted by Crippen LogP contribution is -2.47. The van der Waals surface area contributed by atoms with Crippen LogP contribution in [0.2, 0.25) is 0 Å². The van der Waals surface area contributed by atoms with E-state index in [0.29, 0.717) is 19.4 Å². The van der Waals surface area contributed by atoms with E-state index in [0.717, 1.165) is 44.9 Å². The molecule has 0 heterocycles. The van der Waals surface area contributed by atoms with E-state index >= 15 is 0 Å². The number of hydrogen-bond donors (Lipinski definition) is 0. The van der Waals surface area contributed by atoms with Gasteiger partial charge >= 0.3 is 0 Å². The van der Waals surface area contributed by atoms with Gasteiger partial charge in [0.15, 0.2) is 0 Å². The van der Waals surface area contributed by atoms with Crippen LogP contribution in [0.3, 0.4) is 0 Å². The fourth-order valence-corrected chi connectivity index (χ4v) is 5.83. The summed E-state index contributed by atoms with van der Waals surface area (Å²) in [6, 6.07) is 0. The molecule has 0 unspecified atom stereocenters. The summed E-state index contributed by atoms with van der Waals surface area (Å²) in [6.45, 7) is 16.6. The molecular formula is C31H67FNO3S+. The topological polar surface area (TPSA) is 43.4 Å². The third-order valence-electron chi connectivity index (χ3n) is 7.97. The van der Waals surface area contributed by atoms with Gasteiger partial charge in [0.25, 0.3) is 10.1 Å². The van der Waals surface area contributed by atoms with Gasteiger partial charge in [-0.25, -0.2) is 0 Å². The number of alkyl halides is 1. The van der Waals surface area contributed by atoms with Crippen LogP contribution in [-0.2, 0) is 14.3 Å². The van der Waals surface area contributed by atoms with Crippen molar-refractivity contribution in [1.29, 1.82) is 0 Å². The SMILES string of the molecule is CCCCCCCCCCCCCCOS(=O)(=O)CCCCCCCCCF.CC[N+](CC)(CC)CC. The van der Waals surface area contributed by atoms with Crippen LogP contribution in [0, 0.1) is 0 Å². The molecule has 0 radical (unpaired) electrons. The Labute approximate surface area is 233 Å². The monoisotopic (exact) mass is 552 g/mol. The zero-order valence-corrected chi connectivity index (χ0v) is 26.7. The number of unbranched alkanes of at least 4 members (excludes halogenated alkanes) is 17. The Morgan fingerprint density at radius 2 is 0.865 bits per heavy atom. The fourth-order valence-electron chi connectivity index (χ4n) is 4.79. The average molecular weight is 553 g/mol. The van der Waals surface area contributed by atoms with Crippen LogP contribution in [0.25, 0.3) is 0 Å². The summed E-state index contributed by atoms with van der Waals surface area (Å²) < 4.78 is 42.0. The van der Waals surface area contributed by atoms with Crippen LogP contribution >= 0.6 is 0 Å². The Morgan fingerprint density at radius 3 is 1.22 bits per heavy atom. The Kier molecular flexibility index (Phi) is 30.3. The van der Waals surface area contributed by atoms with Gasteiger partial charge in [-0.1, -0.05) is 110 Å². The first kappa shape index (κ1) is 38.9. The van der Waals surface area contributed by atoms with Gasteiger partial charge in [0.2, 0.25) is 0 Å². The Bertz CT molecular complexity index is 521. The Morgan fingerprint density at radius 1 is 0.514 bits per heavy atom. The maximum absolute atomic E-state index is 12.0. The molecule has 0 aliphatic heterocycles. The van der Waals surface area contributed by atoms with E-state index < -0.39 is 10.1 Å². The van der Waals surface area contributed by atoms with Crippen LogP contribution < -0.4 is 0 Å². The highest BCUT2D eigenvalue weighted by Gasteiger charge is 2.16. The molecule has 0 aromatic carbocycles. The van der Waals surface area contributed by atoms with E-state index in [1.165, 1.54) is 94.9 Å². The molecule has 0 spiro atoms. The van der Waals surface area contributed by atoms with Crippen molar-refractivity contribution >= 4 is 10.1 Å². The van der Waals surface area contributed by atoms with Crippen molar-refractivity contribution in [2.75, 3.05) is 45.2 Å². The Balaban J connectivity index is 0. The molecule has 0 aliphatic rings. The van der Waals surface area contributed by atoms with Gasteiger partial charge in [0.1, 0.15) is 0 Å². The van der Waals surface area contributed by atoms with Crippen molar-refractivity contribution in [1.82, 2.24) is 0 Å². The highest BCUT2D eigenvalue weighted by molar-refractivity contribution is 7.86. The Hall–Kier alpha value is -0.200. The van der Waals surface area contributed by atoms with Crippen molar-refractivity contribution in [3.8, 4) is 0 Å². The van der Waals surface area contributed by atoms with Crippen molar-refractivity contribution < 1.29 is 21.5 Å². The lowest BCUT2D eigenvalue weighted by atomic mass is 10.1. The van der Waals surface area contributed by atoms with E-state index in [1.807, 2.05) is 0 Å². The summed E-state index contributed by atoms with van der Waals surface area (Å²) >= 11 is 0. The molecule has 0 atom stereocenters. The molecule has 0 aromatic rings. The third kappa shape index (κ3) is 27.2. The van der Waals surface area contributed by atoms with E-state index in [9.17, 15) is 12.8 Å². The molecule has 0 aliphatic carbocycles.